The predicted molar refractivity (Wildman–Crippen MR) is 73.3 cm³/mol. The molecule has 0 aliphatic carbocycles. The van der Waals surface area contributed by atoms with E-state index < -0.39 is 0 Å². The van der Waals surface area contributed by atoms with Gasteiger partial charge in [0.15, 0.2) is 6.61 Å². The molecule has 2 rings (SSSR count). The van der Waals surface area contributed by atoms with Crippen LogP contribution in [0.25, 0.3) is 0 Å². The highest BCUT2D eigenvalue weighted by atomic mass is 35.5. The molecule has 1 aliphatic rings. The molecule has 2 N–H and O–H groups in total. The monoisotopic (exact) mass is 270 g/mol. The third kappa shape index (κ3) is 4.55. The average Bonchev–Trinajstić information content (AvgIpc) is 2.79. The molecule has 1 saturated heterocycles. The van der Waals surface area contributed by atoms with Crippen LogP contribution in [0, 0.1) is 6.92 Å². The maximum Gasteiger partial charge on any atom is 0.258 e. The molecule has 1 atom stereocenters. The second-order valence-corrected chi connectivity index (χ2v) is 4.36. The molecule has 1 heterocycles. The number of hydrogen-bond donors (Lipinski definition) is 2. The van der Waals surface area contributed by atoms with Gasteiger partial charge in [0.2, 0.25) is 0 Å². The Bertz CT molecular complexity index is 392. The van der Waals surface area contributed by atoms with Crippen molar-refractivity contribution in [3.05, 3.63) is 29.8 Å². The van der Waals surface area contributed by atoms with Gasteiger partial charge in [0.05, 0.1) is 0 Å². The molecule has 1 fully saturated rings. The molecular formula is C13H19ClN2O2. The normalized spacial score (nSPS) is 17.9. The van der Waals surface area contributed by atoms with Crippen molar-refractivity contribution in [1.82, 2.24) is 10.6 Å². The second-order valence-electron chi connectivity index (χ2n) is 4.36. The lowest BCUT2D eigenvalue weighted by molar-refractivity contribution is -0.123. The maximum absolute atomic E-state index is 11.6. The zero-order chi connectivity index (χ0) is 12.1. The van der Waals surface area contributed by atoms with Crippen LogP contribution in [-0.2, 0) is 4.79 Å². The number of rotatable bonds is 4. The van der Waals surface area contributed by atoms with Crippen molar-refractivity contribution < 1.29 is 9.53 Å². The highest BCUT2D eigenvalue weighted by Gasteiger charge is 2.16. The Morgan fingerprint density at radius 2 is 2.39 bits per heavy atom. The number of benzene rings is 1. The van der Waals surface area contributed by atoms with Gasteiger partial charge in [-0.15, -0.1) is 12.4 Å². The van der Waals surface area contributed by atoms with Crippen LogP contribution in [0.2, 0.25) is 0 Å². The van der Waals surface area contributed by atoms with E-state index in [9.17, 15) is 4.79 Å². The first-order chi connectivity index (χ1) is 8.24. The van der Waals surface area contributed by atoms with Gasteiger partial charge in [-0.1, -0.05) is 12.1 Å². The fraction of sp³-hybridized carbons (Fsp3) is 0.462. The van der Waals surface area contributed by atoms with Crippen LogP contribution >= 0.6 is 12.4 Å². The van der Waals surface area contributed by atoms with Gasteiger partial charge < -0.3 is 15.4 Å². The maximum atomic E-state index is 11.6. The van der Waals surface area contributed by atoms with E-state index in [1.165, 1.54) is 0 Å². The van der Waals surface area contributed by atoms with Crippen molar-refractivity contribution >= 4 is 18.3 Å². The standard InChI is InChI=1S/C13H18N2O2.ClH/c1-10-3-2-4-12(7-10)17-9-13(16)15-11-5-6-14-8-11;/h2-4,7,11,14H,5-6,8-9H2,1H3,(H,15,16);1H. The molecule has 0 spiro atoms. The molecule has 0 saturated carbocycles. The minimum atomic E-state index is -0.0554. The summed E-state index contributed by atoms with van der Waals surface area (Å²) in [5.74, 6) is 0.685. The van der Waals surface area contributed by atoms with E-state index in [0.717, 1.165) is 30.8 Å². The first-order valence-electron chi connectivity index (χ1n) is 5.93. The molecule has 1 aromatic rings. The van der Waals surface area contributed by atoms with Gasteiger partial charge in [-0.2, -0.15) is 0 Å². The van der Waals surface area contributed by atoms with Crippen LogP contribution in [0.5, 0.6) is 5.75 Å². The van der Waals surface area contributed by atoms with Crippen molar-refractivity contribution in [1.29, 1.82) is 0 Å². The van der Waals surface area contributed by atoms with E-state index in [0.29, 0.717) is 0 Å². The van der Waals surface area contributed by atoms with Crippen molar-refractivity contribution in [3.63, 3.8) is 0 Å². The van der Waals surface area contributed by atoms with Crippen LogP contribution in [0.4, 0.5) is 0 Å². The van der Waals surface area contributed by atoms with Crippen LogP contribution < -0.4 is 15.4 Å². The molecule has 0 aromatic heterocycles. The summed E-state index contributed by atoms with van der Waals surface area (Å²) in [5.41, 5.74) is 1.13. The Hall–Kier alpha value is -1.26. The number of aryl methyl sites for hydroxylation is 1. The second kappa shape index (κ2) is 7.24. The van der Waals surface area contributed by atoms with Gasteiger partial charge >= 0.3 is 0 Å². The highest BCUT2D eigenvalue weighted by Crippen LogP contribution is 2.11. The topological polar surface area (TPSA) is 50.4 Å². The number of ether oxygens (including phenoxy) is 1. The number of hydrogen-bond acceptors (Lipinski definition) is 3. The van der Waals surface area contributed by atoms with E-state index in [-0.39, 0.29) is 31.0 Å². The molecule has 4 nitrogen and oxygen atoms in total. The fourth-order valence-corrected chi connectivity index (χ4v) is 1.90. The van der Waals surface area contributed by atoms with E-state index in [1.807, 2.05) is 31.2 Å². The highest BCUT2D eigenvalue weighted by molar-refractivity contribution is 5.85. The summed E-state index contributed by atoms with van der Waals surface area (Å²) in [4.78, 5) is 11.6. The van der Waals surface area contributed by atoms with Crippen LogP contribution in [0.3, 0.4) is 0 Å². The zero-order valence-corrected chi connectivity index (χ0v) is 11.3. The van der Waals surface area contributed by atoms with Crippen LogP contribution in [0.15, 0.2) is 24.3 Å². The quantitative estimate of drug-likeness (QED) is 0.866. The molecule has 1 aromatic carbocycles. The first kappa shape index (κ1) is 14.8. The minimum Gasteiger partial charge on any atom is -0.484 e. The van der Waals surface area contributed by atoms with Crippen molar-refractivity contribution in [2.75, 3.05) is 19.7 Å². The molecule has 1 unspecified atom stereocenters. The third-order valence-electron chi connectivity index (χ3n) is 2.78. The van der Waals surface area contributed by atoms with E-state index in [4.69, 9.17) is 4.74 Å². The molecule has 1 amide bonds. The van der Waals surface area contributed by atoms with Gasteiger partial charge in [-0.3, -0.25) is 4.79 Å². The lowest BCUT2D eigenvalue weighted by Crippen LogP contribution is -2.39. The summed E-state index contributed by atoms with van der Waals surface area (Å²) in [6.45, 7) is 3.91. The van der Waals surface area contributed by atoms with Gasteiger partial charge in [-0.25, -0.2) is 0 Å². The zero-order valence-electron chi connectivity index (χ0n) is 10.4. The van der Waals surface area contributed by atoms with Crippen LogP contribution in [0.1, 0.15) is 12.0 Å². The number of carbonyl (C=O) groups excluding carboxylic acids is 1. The predicted octanol–water partition coefficient (Wildman–Crippen LogP) is 1.27. The summed E-state index contributed by atoms with van der Waals surface area (Å²) in [6.07, 6.45) is 0.996. The van der Waals surface area contributed by atoms with E-state index in [1.54, 1.807) is 0 Å². The summed E-state index contributed by atoms with van der Waals surface area (Å²) < 4.78 is 5.43. The Kier molecular flexibility index (Phi) is 5.95. The smallest absolute Gasteiger partial charge is 0.258 e. The number of carbonyl (C=O) groups is 1. The van der Waals surface area contributed by atoms with Gasteiger partial charge in [0.25, 0.3) is 5.91 Å². The molecule has 0 radical (unpaired) electrons. The minimum absolute atomic E-state index is 0. The molecular weight excluding hydrogens is 252 g/mol. The Labute approximate surface area is 114 Å². The largest absolute Gasteiger partial charge is 0.484 e. The Morgan fingerprint density at radius 1 is 1.56 bits per heavy atom. The average molecular weight is 271 g/mol. The molecule has 18 heavy (non-hydrogen) atoms. The molecule has 100 valence electrons. The summed E-state index contributed by atoms with van der Waals surface area (Å²) in [5, 5.41) is 6.14. The summed E-state index contributed by atoms with van der Waals surface area (Å²) >= 11 is 0. The molecule has 5 heteroatoms. The van der Waals surface area contributed by atoms with E-state index in [2.05, 4.69) is 10.6 Å². The lowest BCUT2D eigenvalue weighted by Gasteiger charge is -2.12. The van der Waals surface area contributed by atoms with Crippen molar-refractivity contribution in [3.8, 4) is 5.75 Å². The number of nitrogens with one attached hydrogen (secondary N) is 2. The van der Waals surface area contributed by atoms with Crippen LogP contribution in [-0.4, -0.2) is 31.6 Å². The lowest BCUT2D eigenvalue weighted by atomic mass is 10.2. The number of amides is 1. The molecule has 0 bridgehead atoms. The third-order valence-corrected chi connectivity index (χ3v) is 2.78. The SMILES string of the molecule is Cc1cccc(OCC(=O)NC2CCNC2)c1.Cl. The van der Waals surface area contributed by atoms with Gasteiger partial charge in [0, 0.05) is 12.6 Å². The Balaban J connectivity index is 0.00000162. The fourth-order valence-electron chi connectivity index (χ4n) is 1.90. The van der Waals surface area contributed by atoms with Gasteiger partial charge in [-0.05, 0) is 37.6 Å². The van der Waals surface area contributed by atoms with Crippen molar-refractivity contribution in [2.45, 2.75) is 19.4 Å². The summed E-state index contributed by atoms with van der Waals surface area (Å²) in [6, 6.07) is 7.95. The van der Waals surface area contributed by atoms with E-state index >= 15 is 0 Å². The Morgan fingerprint density at radius 3 is 3.06 bits per heavy atom. The number of halogens is 1. The summed E-state index contributed by atoms with van der Waals surface area (Å²) in [7, 11) is 0. The van der Waals surface area contributed by atoms with Gasteiger partial charge in [0.1, 0.15) is 5.75 Å². The first-order valence-corrected chi connectivity index (χ1v) is 5.93. The van der Waals surface area contributed by atoms with Crippen molar-refractivity contribution in [2.24, 2.45) is 0 Å². The molecule has 1 aliphatic heterocycles.